The summed E-state index contributed by atoms with van der Waals surface area (Å²) in [6.45, 7) is 0. The van der Waals surface area contributed by atoms with Gasteiger partial charge in [-0.15, -0.1) is 11.3 Å². The maximum atomic E-state index is 14.8. The SMILES string of the molecule is NS(=O)(=O)c1ccc(Cc2c(-c3ccc(F)c(/C=C/C4CC4)c3)nn(-c3nc(C(=O)O)cs3)c2CC2CC2)cc1F. The van der Waals surface area contributed by atoms with E-state index in [1.54, 1.807) is 22.9 Å². The van der Waals surface area contributed by atoms with Gasteiger partial charge in [0.1, 0.15) is 16.5 Å². The summed E-state index contributed by atoms with van der Waals surface area (Å²) in [5, 5.41) is 21.3. The van der Waals surface area contributed by atoms with Gasteiger partial charge in [-0.2, -0.15) is 5.10 Å². The van der Waals surface area contributed by atoms with Gasteiger partial charge in [0.25, 0.3) is 0 Å². The molecule has 41 heavy (non-hydrogen) atoms. The number of sulfonamides is 1. The van der Waals surface area contributed by atoms with Crippen LogP contribution in [0.5, 0.6) is 0 Å². The second kappa shape index (κ2) is 10.6. The predicted molar refractivity (Wildman–Crippen MR) is 150 cm³/mol. The first-order valence-electron chi connectivity index (χ1n) is 13.2. The number of allylic oxidation sites excluding steroid dienone is 1. The first-order chi connectivity index (χ1) is 19.6. The zero-order valence-electron chi connectivity index (χ0n) is 21.8. The number of carbonyl (C=O) groups is 1. The Bertz CT molecular complexity index is 1800. The first kappa shape index (κ1) is 27.4. The highest BCUT2D eigenvalue weighted by Gasteiger charge is 2.30. The van der Waals surface area contributed by atoms with E-state index in [1.807, 2.05) is 6.08 Å². The highest BCUT2D eigenvalue weighted by Crippen LogP contribution is 2.39. The lowest BCUT2D eigenvalue weighted by Crippen LogP contribution is -2.14. The van der Waals surface area contributed by atoms with Crippen LogP contribution in [0.3, 0.4) is 0 Å². The summed E-state index contributed by atoms with van der Waals surface area (Å²) in [5.74, 6) is -1.61. The molecule has 2 saturated carbocycles. The minimum absolute atomic E-state index is 0.101. The van der Waals surface area contributed by atoms with Crippen molar-refractivity contribution in [3.05, 3.63) is 87.6 Å². The van der Waals surface area contributed by atoms with Gasteiger partial charge in [-0.25, -0.2) is 36.8 Å². The van der Waals surface area contributed by atoms with Crippen LogP contribution in [0.2, 0.25) is 0 Å². The molecule has 212 valence electrons. The number of carboxylic acids is 1. The quantitative estimate of drug-likeness (QED) is 0.246. The number of aromatic nitrogens is 3. The number of hydrogen-bond donors (Lipinski definition) is 2. The number of aromatic carboxylic acids is 1. The Morgan fingerprint density at radius 3 is 2.54 bits per heavy atom. The average molecular weight is 597 g/mol. The Balaban J connectivity index is 1.51. The third-order valence-electron chi connectivity index (χ3n) is 7.28. The number of thiazole rings is 1. The van der Waals surface area contributed by atoms with Crippen molar-refractivity contribution in [1.82, 2.24) is 14.8 Å². The number of benzene rings is 2. The van der Waals surface area contributed by atoms with E-state index in [0.29, 0.717) is 45.8 Å². The van der Waals surface area contributed by atoms with Crippen LogP contribution in [0.15, 0.2) is 52.7 Å². The number of halogens is 2. The molecule has 0 aliphatic heterocycles. The molecule has 0 atom stereocenters. The summed E-state index contributed by atoms with van der Waals surface area (Å²) in [6, 6.07) is 8.53. The number of nitrogens with zero attached hydrogens (tertiary/aromatic N) is 3. The van der Waals surface area contributed by atoms with E-state index in [9.17, 15) is 27.1 Å². The van der Waals surface area contributed by atoms with Crippen LogP contribution >= 0.6 is 11.3 Å². The smallest absolute Gasteiger partial charge is 0.355 e. The van der Waals surface area contributed by atoms with Gasteiger partial charge in [0.2, 0.25) is 15.2 Å². The van der Waals surface area contributed by atoms with Crippen molar-refractivity contribution in [2.75, 3.05) is 0 Å². The summed E-state index contributed by atoms with van der Waals surface area (Å²) in [6.07, 6.45) is 8.84. The number of carboxylic acid groups (broad SMARTS) is 1. The third kappa shape index (κ3) is 5.99. The third-order valence-corrected chi connectivity index (χ3v) is 9.04. The molecule has 4 aromatic rings. The normalized spacial score (nSPS) is 15.6. The summed E-state index contributed by atoms with van der Waals surface area (Å²) in [4.78, 5) is 15.2. The number of rotatable bonds is 10. The maximum Gasteiger partial charge on any atom is 0.355 e. The molecule has 6 rings (SSSR count). The Morgan fingerprint density at radius 1 is 1.12 bits per heavy atom. The van der Waals surface area contributed by atoms with Gasteiger partial charge in [0, 0.05) is 28.5 Å². The number of nitrogens with two attached hydrogens (primary N) is 1. The fraction of sp³-hybridized carbons (Fsp3) is 0.276. The summed E-state index contributed by atoms with van der Waals surface area (Å²) < 4.78 is 54.7. The minimum atomic E-state index is -4.23. The van der Waals surface area contributed by atoms with Gasteiger partial charge in [-0.05, 0) is 79.8 Å². The minimum Gasteiger partial charge on any atom is -0.476 e. The van der Waals surface area contributed by atoms with Gasteiger partial charge in [0.05, 0.1) is 11.4 Å². The van der Waals surface area contributed by atoms with Gasteiger partial charge in [-0.1, -0.05) is 18.2 Å². The monoisotopic (exact) mass is 596 g/mol. The van der Waals surface area contributed by atoms with Crippen molar-refractivity contribution in [3.8, 4) is 16.4 Å². The van der Waals surface area contributed by atoms with E-state index in [2.05, 4.69) is 4.98 Å². The fourth-order valence-electron chi connectivity index (χ4n) is 4.76. The second-order valence-electron chi connectivity index (χ2n) is 10.6. The molecule has 2 aliphatic rings. The number of hydrogen-bond acceptors (Lipinski definition) is 6. The van der Waals surface area contributed by atoms with Crippen LogP contribution < -0.4 is 5.14 Å². The van der Waals surface area contributed by atoms with Crippen molar-refractivity contribution < 1.29 is 27.1 Å². The van der Waals surface area contributed by atoms with Crippen molar-refractivity contribution in [2.45, 2.75) is 43.4 Å². The Labute approximate surface area is 239 Å². The maximum absolute atomic E-state index is 14.8. The Morgan fingerprint density at radius 2 is 1.90 bits per heavy atom. The molecule has 2 aromatic carbocycles. The molecule has 2 fully saturated rings. The molecule has 0 unspecified atom stereocenters. The molecule has 0 radical (unpaired) electrons. The zero-order valence-corrected chi connectivity index (χ0v) is 23.4. The Kier molecular flexibility index (Phi) is 7.08. The van der Waals surface area contributed by atoms with Crippen molar-refractivity contribution in [3.63, 3.8) is 0 Å². The molecular formula is C29H26F2N4O4S2. The summed E-state index contributed by atoms with van der Waals surface area (Å²) >= 11 is 1.14. The van der Waals surface area contributed by atoms with E-state index in [-0.39, 0.29) is 17.9 Å². The molecule has 8 nitrogen and oxygen atoms in total. The van der Waals surface area contributed by atoms with Crippen molar-refractivity contribution in [2.24, 2.45) is 17.0 Å². The van der Waals surface area contributed by atoms with E-state index >= 15 is 0 Å². The van der Waals surface area contributed by atoms with Crippen molar-refractivity contribution in [1.29, 1.82) is 0 Å². The zero-order chi connectivity index (χ0) is 28.9. The first-order valence-corrected chi connectivity index (χ1v) is 15.6. The Hall–Kier alpha value is -3.74. The van der Waals surface area contributed by atoms with Crippen LogP contribution in [0, 0.1) is 23.5 Å². The van der Waals surface area contributed by atoms with Gasteiger partial charge in [0.15, 0.2) is 5.69 Å². The van der Waals surface area contributed by atoms with E-state index in [4.69, 9.17) is 10.2 Å². The fourth-order valence-corrected chi connectivity index (χ4v) is 6.12. The summed E-state index contributed by atoms with van der Waals surface area (Å²) in [5.41, 5.74) is 3.53. The van der Waals surface area contributed by atoms with Crippen LogP contribution in [-0.2, 0) is 22.9 Å². The van der Waals surface area contributed by atoms with Crippen molar-refractivity contribution >= 4 is 33.4 Å². The van der Waals surface area contributed by atoms with E-state index in [1.165, 1.54) is 17.5 Å². The average Bonchev–Trinajstić information content (AvgIpc) is 3.83. The highest BCUT2D eigenvalue weighted by molar-refractivity contribution is 7.89. The molecule has 3 N–H and O–H groups in total. The predicted octanol–water partition coefficient (Wildman–Crippen LogP) is 5.59. The largest absolute Gasteiger partial charge is 0.476 e. The molecule has 0 spiro atoms. The van der Waals surface area contributed by atoms with E-state index in [0.717, 1.165) is 60.4 Å². The molecular weight excluding hydrogens is 570 g/mol. The molecule has 2 aromatic heterocycles. The summed E-state index contributed by atoms with van der Waals surface area (Å²) in [7, 11) is -4.23. The van der Waals surface area contributed by atoms with Crippen LogP contribution in [0.1, 0.15) is 58.6 Å². The lowest BCUT2D eigenvalue weighted by molar-refractivity contribution is 0.0691. The van der Waals surface area contributed by atoms with Crippen LogP contribution in [0.4, 0.5) is 8.78 Å². The molecule has 2 heterocycles. The second-order valence-corrected chi connectivity index (χ2v) is 12.9. The topological polar surface area (TPSA) is 128 Å². The molecule has 2 aliphatic carbocycles. The number of primary sulfonamides is 1. The van der Waals surface area contributed by atoms with Gasteiger partial charge >= 0.3 is 5.97 Å². The highest BCUT2D eigenvalue weighted by atomic mass is 32.2. The van der Waals surface area contributed by atoms with E-state index < -0.39 is 26.7 Å². The lowest BCUT2D eigenvalue weighted by atomic mass is 9.96. The van der Waals surface area contributed by atoms with Crippen LogP contribution in [-0.4, -0.2) is 34.3 Å². The van der Waals surface area contributed by atoms with Gasteiger partial charge in [-0.3, -0.25) is 0 Å². The lowest BCUT2D eigenvalue weighted by Gasteiger charge is -2.10. The molecule has 0 saturated heterocycles. The van der Waals surface area contributed by atoms with Gasteiger partial charge < -0.3 is 5.11 Å². The standard InChI is InChI=1S/C29H26F2N4O4S2/c30-22-9-8-20(14-19(22)7-5-16-1-2-16)27-21(11-18-6-10-26(23(31)12-18)41(32,38)39)25(13-17-3-4-17)35(34-27)29-33-24(15-40-29)28(36)37/h5-10,12,14-17H,1-4,11,13H2,(H,36,37)(H2,32,38,39)/b7-5+. The van der Waals surface area contributed by atoms with Crippen LogP contribution in [0.25, 0.3) is 22.5 Å². The molecule has 0 bridgehead atoms. The molecule has 12 heteroatoms. The molecule has 0 amide bonds.